The van der Waals surface area contributed by atoms with Gasteiger partial charge in [0.1, 0.15) is 5.69 Å². The molecule has 2 aromatic rings. The standard InChI is InChI=1S/C18H24N2O2/c1-13-5-7-16(8-6-13)12-20-15(3)11-14(2)17(20)18(21)19-9-10-22-4/h5-8,11H,9-10,12H2,1-4H3,(H,19,21). The highest BCUT2D eigenvalue weighted by Gasteiger charge is 2.17. The predicted molar refractivity (Wildman–Crippen MR) is 88.4 cm³/mol. The Morgan fingerprint density at radius 3 is 2.50 bits per heavy atom. The van der Waals surface area contributed by atoms with Crippen LogP contribution in [-0.2, 0) is 11.3 Å². The first kappa shape index (κ1) is 16.3. The second-order valence-corrected chi connectivity index (χ2v) is 5.64. The number of carbonyl (C=O) groups is 1. The van der Waals surface area contributed by atoms with Crippen LogP contribution in [0.3, 0.4) is 0 Å². The van der Waals surface area contributed by atoms with Gasteiger partial charge in [-0.25, -0.2) is 0 Å². The van der Waals surface area contributed by atoms with Crippen molar-refractivity contribution in [2.75, 3.05) is 20.3 Å². The molecule has 0 fully saturated rings. The number of nitrogens with one attached hydrogen (secondary N) is 1. The molecular weight excluding hydrogens is 276 g/mol. The Morgan fingerprint density at radius 1 is 1.18 bits per heavy atom. The number of aryl methyl sites for hydroxylation is 3. The third-order valence-electron chi connectivity index (χ3n) is 3.76. The van der Waals surface area contributed by atoms with Crippen LogP contribution >= 0.6 is 0 Å². The number of carbonyl (C=O) groups excluding carboxylic acids is 1. The summed E-state index contributed by atoms with van der Waals surface area (Å²) >= 11 is 0. The smallest absolute Gasteiger partial charge is 0.268 e. The largest absolute Gasteiger partial charge is 0.383 e. The summed E-state index contributed by atoms with van der Waals surface area (Å²) in [5, 5.41) is 2.90. The van der Waals surface area contributed by atoms with Gasteiger partial charge in [0.25, 0.3) is 5.91 Å². The van der Waals surface area contributed by atoms with Crippen LogP contribution in [0.15, 0.2) is 30.3 Å². The van der Waals surface area contributed by atoms with Crippen LogP contribution in [0.2, 0.25) is 0 Å². The van der Waals surface area contributed by atoms with Gasteiger partial charge in [-0.15, -0.1) is 0 Å². The first-order valence-corrected chi connectivity index (χ1v) is 7.52. The lowest BCUT2D eigenvalue weighted by molar-refractivity contribution is 0.0927. The average Bonchev–Trinajstić information content (AvgIpc) is 2.76. The molecular formula is C18H24N2O2. The SMILES string of the molecule is COCCNC(=O)c1c(C)cc(C)n1Cc1ccc(C)cc1. The molecule has 0 aliphatic carbocycles. The van der Waals surface area contributed by atoms with Gasteiger partial charge in [-0.05, 0) is 38.0 Å². The summed E-state index contributed by atoms with van der Waals surface area (Å²) in [5.74, 6) is -0.0465. The summed E-state index contributed by atoms with van der Waals surface area (Å²) < 4.78 is 7.05. The fourth-order valence-corrected chi connectivity index (χ4v) is 2.58. The van der Waals surface area contributed by atoms with Gasteiger partial charge >= 0.3 is 0 Å². The van der Waals surface area contributed by atoms with Gasteiger partial charge in [-0.3, -0.25) is 4.79 Å². The first-order chi connectivity index (χ1) is 10.5. The number of benzene rings is 1. The van der Waals surface area contributed by atoms with Gasteiger partial charge in [0.15, 0.2) is 0 Å². The second kappa shape index (κ2) is 7.27. The molecule has 0 atom stereocenters. The molecule has 4 nitrogen and oxygen atoms in total. The highest BCUT2D eigenvalue weighted by molar-refractivity contribution is 5.94. The van der Waals surface area contributed by atoms with Crippen LogP contribution in [0.1, 0.15) is 32.9 Å². The summed E-state index contributed by atoms with van der Waals surface area (Å²) in [6.07, 6.45) is 0. The van der Waals surface area contributed by atoms with Crippen LogP contribution in [0, 0.1) is 20.8 Å². The van der Waals surface area contributed by atoms with Gasteiger partial charge in [-0.1, -0.05) is 29.8 Å². The molecule has 0 saturated carbocycles. The molecule has 0 bridgehead atoms. The van der Waals surface area contributed by atoms with E-state index in [0.717, 1.165) is 17.0 Å². The maximum absolute atomic E-state index is 12.4. The minimum atomic E-state index is -0.0465. The number of hydrogen-bond donors (Lipinski definition) is 1. The minimum absolute atomic E-state index is 0.0465. The van der Waals surface area contributed by atoms with E-state index in [2.05, 4.69) is 47.1 Å². The Bertz CT molecular complexity index is 642. The molecule has 0 aliphatic heterocycles. The lowest BCUT2D eigenvalue weighted by atomic mass is 10.1. The zero-order valence-corrected chi connectivity index (χ0v) is 13.8. The quantitative estimate of drug-likeness (QED) is 0.834. The van der Waals surface area contributed by atoms with Crippen molar-refractivity contribution in [3.8, 4) is 0 Å². The molecule has 0 spiro atoms. The molecule has 1 aromatic heterocycles. The Balaban J connectivity index is 2.23. The van der Waals surface area contributed by atoms with Crippen molar-refractivity contribution >= 4 is 5.91 Å². The number of aromatic nitrogens is 1. The van der Waals surface area contributed by atoms with Crippen LogP contribution in [0.25, 0.3) is 0 Å². The summed E-state index contributed by atoms with van der Waals surface area (Å²) in [4.78, 5) is 12.4. The van der Waals surface area contributed by atoms with Gasteiger partial charge in [-0.2, -0.15) is 0 Å². The predicted octanol–water partition coefficient (Wildman–Crippen LogP) is 2.84. The van der Waals surface area contributed by atoms with Crippen LogP contribution in [0.4, 0.5) is 0 Å². The number of rotatable bonds is 6. The molecule has 0 saturated heterocycles. The van der Waals surface area contributed by atoms with Crippen molar-refractivity contribution in [3.63, 3.8) is 0 Å². The molecule has 118 valence electrons. The van der Waals surface area contributed by atoms with E-state index >= 15 is 0 Å². The maximum Gasteiger partial charge on any atom is 0.268 e. The third-order valence-corrected chi connectivity index (χ3v) is 3.76. The van der Waals surface area contributed by atoms with Crippen molar-refractivity contribution < 1.29 is 9.53 Å². The average molecular weight is 300 g/mol. The van der Waals surface area contributed by atoms with E-state index in [1.807, 2.05) is 13.8 Å². The highest BCUT2D eigenvalue weighted by atomic mass is 16.5. The maximum atomic E-state index is 12.4. The summed E-state index contributed by atoms with van der Waals surface area (Å²) in [6, 6.07) is 10.5. The Morgan fingerprint density at radius 2 is 1.86 bits per heavy atom. The molecule has 1 N–H and O–H groups in total. The Labute approximate surface area is 132 Å². The van der Waals surface area contributed by atoms with Gasteiger partial charge in [0.2, 0.25) is 0 Å². The van der Waals surface area contributed by atoms with Crippen molar-refractivity contribution in [2.24, 2.45) is 0 Å². The molecule has 0 radical (unpaired) electrons. The molecule has 0 aliphatic rings. The van der Waals surface area contributed by atoms with Gasteiger partial charge < -0.3 is 14.6 Å². The normalized spacial score (nSPS) is 10.7. The monoisotopic (exact) mass is 300 g/mol. The van der Waals surface area contributed by atoms with Crippen molar-refractivity contribution in [3.05, 3.63) is 58.4 Å². The zero-order chi connectivity index (χ0) is 16.1. The van der Waals surface area contributed by atoms with E-state index < -0.39 is 0 Å². The number of amides is 1. The first-order valence-electron chi connectivity index (χ1n) is 7.52. The third kappa shape index (κ3) is 3.77. The Hall–Kier alpha value is -2.07. The lowest BCUT2D eigenvalue weighted by Gasteiger charge is -2.13. The van der Waals surface area contributed by atoms with E-state index in [9.17, 15) is 4.79 Å². The number of hydrogen-bond acceptors (Lipinski definition) is 2. The van der Waals surface area contributed by atoms with E-state index in [1.54, 1.807) is 7.11 Å². The van der Waals surface area contributed by atoms with E-state index in [0.29, 0.717) is 19.7 Å². The molecule has 4 heteroatoms. The fraction of sp³-hybridized carbons (Fsp3) is 0.389. The molecule has 1 aromatic carbocycles. The lowest BCUT2D eigenvalue weighted by Crippen LogP contribution is -2.29. The van der Waals surface area contributed by atoms with E-state index in [1.165, 1.54) is 11.1 Å². The summed E-state index contributed by atoms with van der Waals surface area (Å²) in [5.41, 5.74) is 5.25. The fourth-order valence-electron chi connectivity index (χ4n) is 2.58. The molecule has 22 heavy (non-hydrogen) atoms. The van der Waals surface area contributed by atoms with E-state index in [-0.39, 0.29) is 5.91 Å². The second-order valence-electron chi connectivity index (χ2n) is 5.64. The number of nitrogens with zero attached hydrogens (tertiary/aromatic N) is 1. The van der Waals surface area contributed by atoms with Crippen molar-refractivity contribution in [2.45, 2.75) is 27.3 Å². The number of methoxy groups -OCH3 is 1. The van der Waals surface area contributed by atoms with Gasteiger partial charge in [0.05, 0.1) is 6.61 Å². The molecule has 0 unspecified atom stereocenters. The summed E-state index contributed by atoms with van der Waals surface area (Å²) in [7, 11) is 1.63. The van der Waals surface area contributed by atoms with Crippen LogP contribution in [0.5, 0.6) is 0 Å². The number of ether oxygens (including phenoxy) is 1. The molecule has 1 heterocycles. The van der Waals surface area contributed by atoms with Gasteiger partial charge in [0, 0.05) is 25.9 Å². The van der Waals surface area contributed by atoms with Crippen molar-refractivity contribution in [1.29, 1.82) is 0 Å². The van der Waals surface area contributed by atoms with E-state index in [4.69, 9.17) is 4.74 Å². The van der Waals surface area contributed by atoms with Crippen LogP contribution < -0.4 is 5.32 Å². The minimum Gasteiger partial charge on any atom is -0.383 e. The van der Waals surface area contributed by atoms with Crippen LogP contribution in [-0.4, -0.2) is 30.7 Å². The zero-order valence-electron chi connectivity index (χ0n) is 13.8. The summed E-state index contributed by atoms with van der Waals surface area (Å²) in [6.45, 7) is 7.82. The topological polar surface area (TPSA) is 43.3 Å². The highest BCUT2D eigenvalue weighted by Crippen LogP contribution is 2.17. The molecule has 1 amide bonds. The van der Waals surface area contributed by atoms with Crippen molar-refractivity contribution in [1.82, 2.24) is 9.88 Å². The Kier molecular flexibility index (Phi) is 5.39. The molecule has 2 rings (SSSR count).